The lowest BCUT2D eigenvalue weighted by Crippen LogP contribution is -1.86. The van der Waals surface area contributed by atoms with Crippen LogP contribution < -0.4 is 0 Å². The molecule has 2 aromatic heterocycles. The Morgan fingerprint density at radius 2 is 1.76 bits per heavy atom. The Morgan fingerprint density at radius 1 is 0.905 bits per heavy atom. The van der Waals surface area contributed by atoms with E-state index in [-0.39, 0.29) is 5.75 Å². The second kappa shape index (κ2) is 4.35. The molecule has 0 unspecified atom stereocenters. The van der Waals surface area contributed by atoms with Crippen molar-refractivity contribution in [2.24, 2.45) is 7.05 Å². The normalized spacial score (nSPS) is 11.3. The summed E-state index contributed by atoms with van der Waals surface area (Å²) >= 11 is 0. The molecule has 0 aliphatic carbocycles. The molecule has 4 aromatic rings. The van der Waals surface area contributed by atoms with E-state index in [1.807, 2.05) is 30.6 Å². The molecule has 0 saturated heterocycles. The van der Waals surface area contributed by atoms with E-state index >= 15 is 0 Å². The van der Waals surface area contributed by atoms with Gasteiger partial charge in [-0.3, -0.25) is 4.98 Å². The Balaban J connectivity index is 2.04. The van der Waals surface area contributed by atoms with E-state index in [1.165, 1.54) is 16.3 Å². The molecule has 3 nitrogen and oxygen atoms in total. The second-order valence-electron chi connectivity index (χ2n) is 5.23. The van der Waals surface area contributed by atoms with Crippen molar-refractivity contribution >= 4 is 21.8 Å². The number of hydrogen-bond donors (Lipinski definition) is 1. The van der Waals surface area contributed by atoms with Crippen molar-refractivity contribution in [2.75, 3.05) is 0 Å². The van der Waals surface area contributed by atoms with Crippen LogP contribution in [0.15, 0.2) is 60.9 Å². The lowest BCUT2D eigenvalue weighted by atomic mass is 10.0. The molecule has 0 aliphatic heterocycles. The molecule has 0 radical (unpaired) electrons. The van der Waals surface area contributed by atoms with Crippen LogP contribution in [0.4, 0.5) is 0 Å². The van der Waals surface area contributed by atoms with Crippen LogP contribution in [-0.4, -0.2) is 14.7 Å². The third-order valence-electron chi connectivity index (χ3n) is 3.99. The third-order valence-corrected chi connectivity index (χ3v) is 3.99. The highest BCUT2D eigenvalue weighted by atomic mass is 16.3. The number of phenols is 1. The number of aryl methyl sites for hydroxylation is 1. The van der Waals surface area contributed by atoms with Gasteiger partial charge in [0.2, 0.25) is 0 Å². The minimum absolute atomic E-state index is 0.287. The molecular formula is C18H14N2O. The zero-order valence-electron chi connectivity index (χ0n) is 11.6. The van der Waals surface area contributed by atoms with Gasteiger partial charge >= 0.3 is 0 Å². The molecule has 0 amide bonds. The van der Waals surface area contributed by atoms with Crippen LogP contribution in [0, 0.1) is 0 Å². The number of phenolic OH excluding ortho intramolecular Hbond substituents is 1. The molecule has 4 rings (SSSR count). The topological polar surface area (TPSA) is 38.0 Å². The van der Waals surface area contributed by atoms with Crippen LogP contribution in [-0.2, 0) is 7.05 Å². The van der Waals surface area contributed by atoms with Gasteiger partial charge in [-0.05, 0) is 41.5 Å². The Bertz CT molecular complexity index is 969. The number of pyridine rings is 1. The highest BCUT2D eigenvalue weighted by Crippen LogP contribution is 2.32. The van der Waals surface area contributed by atoms with Crippen molar-refractivity contribution in [2.45, 2.75) is 0 Å². The van der Waals surface area contributed by atoms with E-state index in [9.17, 15) is 5.11 Å². The van der Waals surface area contributed by atoms with Crippen LogP contribution in [0.1, 0.15) is 0 Å². The predicted octanol–water partition coefficient (Wildman–Crippen LogP) is 4.10. The van der Waals surface area contributed by atoms with Crippen molar-refractivity contribution in [3.63, 3.8) is 0 Å². The van der Waals surface area contributed by atoms with Crippen LogP contribution in [0.25, 0.3) is 32.9 Å². The Kier molecular flexibility index (Phi) is 2.48. The Labute approximate surface area is 122 Å². The van der Waals surface area contributed by atoms with E-state index in [0.29, 0.717) is 0 Å². The van der Waals surface area contributed by atoms with Gasteiger partial charge in [-0.25, -0.2) is 0 Å². The minimum atomic E-state index is 0.287. The molecule has 3 heteroatoms. The zero-order valence-corrected chi connectivity index (χ0v) is 11.6. The molecule has 0 atom stereocenters. The van der Waals surface area contributed by atoms with Gasteiger partial charge in [0.05, 0.1) is 11.7 Å². The first kappa shape index (κ1) is 12.0. The van der Waals surface area contributed by atoms with E-state index in [4.69, 9.17) is 0 Å². The monoisotopic (exact) mass is 274 g/mol. The first-order chi connectivity index (χ1) is 10.2. The van der Waals surface area contributed by atoms with E-state index in [2.05, 4.69) is 34.8 Å². The molecule has 0 bridgehead atoms. The van der Waals surface area contributed by atoms with Crippen molar-refractivity contribution in [1.29, 1.82) is 0 Å². The molecule has 0 aliphatic rings. The summed E-state index contributed by atoms with van der Waals surface area (Å²) in [6.45, 7) is 0. The summed E-state index contributed by atoms with van der Waals surface area (Å²) in [5.41, 5.74) is 4.42. The van der Waals surface area contributed by atoms with Gasteiger partial charge in [-0.1, -0.05) is 18.2 Å². The predicted molar refractivity (Wildman–Crippen MR) is 85.3 cm³/mol. The summed E-state index contributed by atoms with van der Waals surface area (Å²) in [6.07, 6.45) is 3.71. The smallest absolute Gasteiger partial charge is 0.116 e. The van der Waals surface area contributed by atoms with E-state index < -0.39 is 0 Å². The van der Waals surface area contributed by atoms with Gasteiger partial charge in [0.15, 0.2) is 0 Å². The first-order valence-corrected chi connectivity index (χ1v) is 6.85. The standard InChI is InChI=1S/C18H14N2O/c1-20-17-6-5-13(12-3-2-4-14(21)9-12)10-16(17)15-7-8-19-11-18(15)20/h2-11,21H,1H3. The summed E-state index contributed by atoms with van der Waals surface area (Å²) in [5.74, 6) is 0.287. The van der Waals surface area contributed by atoms with Crippen molar-refractivity contribution in [3.05, 3.63) is 60.9 Å². The maximum absolute atomic E-state index is 9.65. The van der Waals surface area contributed by atoms with Crippen LogP contribution in [0.3, 0.4) is 0 Å². The highest BCUT2D eigenvalue weighted by molar-refractivity contribution is 6.08. The number of nitrogens with zero attached hydrogens (tertiary/aromatic N) is 2. The summed E-state index contributed by atoms with van der Waals surface area (Å²) in [7, 11) is 2.06. The van der Waals surface area contributed by atoms with Crippen LogP contribution in [0.2, 0.25) is 0 Å². The molecule has 2 heterocycles. The molecule has 0 spiro atoms. The lowest BCUT2D eigenvalue weighted by molar-refractivity contribution is 0.475. The van der Waals surface area contributed by atoms with Crippen molar-refractivity contribution in [1.82, 2.24) is 9.55 Å². The lowest BCUT2D eigenvalue weighted by Gasteiger charge is -2.04. The molecule has 21 heavy (non-hydrogen) atoms. The fraction of sp³-hybridized carbons (Fsp3) is 0.0556. The molecule has 2 aromatic carbocycles. The molecule has 0 fully saturated rings. The van der Waals surface area contributed by atoms with Crippen molar-refractivity contribution in [3.8, 4) is 16.9 Å². The summed E-state index contributed by atoms with van der Waals surface area (Å²) < 4.78 is 2.16. The number of fused-ring (bicyclic) bond motifs is 3. The first-order valence-electron chi connectivity index (χ1n) is 6.85. The third kappa shape index (κ3) is 1.78. The largest absolute Gasteiger partial charge is 0.508 e. The van der Waals surface area contributed by atoms with Gasteiger partial charge in [0.25, 0.3) is 0 Å². The fourth-order valence-corrected chi connectivity index (χ4v) is 2.92. The average Bonchev–Trinajstić information content (AvgIpc) is 2.81. The van der Waals surface area contributed by atoms with Crippen molar-refractivity contribution < 1.29 is 5.11 Å². The van der Waals surface area contributed by atoms with Crippen LogP contribution >= 0.6 is 0 Å². The number of rotatable bonds is 1. The molecule has 1 N–H and O–H groups in total. The second-order valence-corrected chi connectivity index (χ2v) is 5.23. The van der Waals surface area contributed by atoms with Gasteiger partial charge in [0, 0.05) is 29.5 Å². The van der Waals surface area contributed by atoms with Gasteiger partial charge < -0.3 is 9.67 Å². The summed E-state index contributed by atoms with van der Waals surface area (Å²) in [5, 5.41) is 12.1. The maximum atomic E-state index is 9.65. The van der Waals surface area contributed by atoms with Gasteiger partial charge in [-0.2, -0.15) is 0 Å². The molecular weight excluding hydrogens is 260 g/mol. The fourth-order valence-electron chi connectivity index (χ4n) is 2.92. The highest BCUT2D eigenvalue weighted by Gasteiger charge is 2.09. The van der Waals surface area contributed by atoms with Crippen LogP contribution in [0.5, 0.6) is 5.75 Å². The number of benzene rings is 2. The Morgan fingerprint density at radius 3 is 2.62 bits per heavy atom. The number of aromatic nitrogens is 2. The SMILES string of the molecule is Cn1c2ccc(-c3cccc(O)c3)cc2c2ccncc21. The van der Waals surface area contributed by atoms with Gasteiger partial charge in [-0.15, -0.1) is 0 Å². The van der Waals surface area contributed by atoms with E-state index in [1.54, 1.807) is 12.1 Å². The van der Waals surface area contributed by atoms with E-state index in [0.717, 1.165) is 16.6 Å². The van der Waals surface area contributed by atoms with Gasteiger partial charge in [0.1, 0.15) is 5.75 Å². The maximum Gasteiger partial charge on any atom is 0.116 e. The Hall–Kier alpha value is -2.81. The summed E-state index contributed by atoms with van der Waals surface area (Å²) in [6, 6.07) is 15.8. The summed E-state index contributed by atoms with van der Waals surface area (Å²) in [4.78, 5) is 4.21. The number of hydrogen-bond acceptors (Lipinski definition) is 2. The number of aromatic hydroxyl groups is 1. The quantitative estimate of drug-likeness (QED) is 0.567. The average molecular weight is 274 g/mol. The molecule has 0 saturated carbocycles. The minimum Gasteiger partial charge on any atom is -0.508 e. The zero-order chi connectivity index (χ0) is 14.4. The molecule has 102 valence electrons.